The van der Waals surface area contributed by atoms with Crippen LogP contribution in [0.3, 0.4) is 0 Å². The second-order valence-corrected chi connectivity index (χ2v) is 3.57. The Labute approximate surface area is 91.4 Å². The summed E-state index contributed by atoms with van der Waals surface area (Å²) >= 11 is 0. The van der Waals surface area contributed by atoms with Crippen LogP contribution < -0.4 is 0 Å². The molecule has 0 aliphatic rings. The van der Waals surface area contributed by atoms with Crippen LogP contribution in [-0.2, 0) is 0 Å². The molecule has 16 heavy (non-hydrogen) atoms. The highest BCUT2D eigenvalue weighted by Gasteiger charge is 2.08. The Balaban J connectivity index is 2.52. The lowest BCUT2D eigenvalue weighted by Gasteiger charge is -2.05. The largest absolute Gasteiger partial charge is 0.207 e. The zero-order valence-corrected chi connectivity index (χ0v) is 8.60. The van der Waals surface area contributed by atoms with Crippen molar-refractivity contribution >= 4 is 0 Å². The van der Waals surface area contributed by atoms with Crippen LogP contribution in [0.15, 0.2) is 36.4 Å². The van der Waals surface area contributed by atoms with Crippen molar-refractivity contribution < 1.29 is 13.2 Å². The maximum absolute atomic E-state index is 13.3. The first kappa shape index (κ1) is 10.7. The predicted octanol–water partition coefficient (Wildman–Crippen LogP) is 4.08. The van der Waals surface area contributed by atoms with Gasteiger partial charge in [-0.25, -0.2) is 13.2 Å². The van der Waals surface area contributed by atoms with Crippen LogP contribution >= 0.6 is 0 Å². The topological polar surface area (TPSA) is 0 Å². The molecule has 82 valence electrons. The van der Waals surface area contributed by atoms with Gasteiger partial charge in [0.05, 0.1) is 0 Å². The zero-order valence-electron chi connectivity index (χ0n) is 8.60. The quantitative estimate of drug-likeness (QED) is 0.682. The first-order valence-corrected chi connectivity index (χ1v) is 4.79. The fraction of sp³-hybridized carbons (Fsp3) is 0.0769. The third-order valence-electron chi connectivity index (χ3n) is 2.46. The Hall–Kier alpha value is -1.77. The van der Waals surface area contributed by atoms with Gasteiger partial charge in [0, 0.05) is 5.56 Å². The summed E-state index contributed by atoms with van der Waals surface area (Å²) in [5.74, 6) is -1.57. The van der Waals surface area contributed by atoms with Crippen LogP contribution in [0, 0.1) is 24.4 Å². The van der Waals surface area contributed by atoms with Crippen molar-refractivity contribution in [2.24, 2.45) is 0 Å². The van der Waals surface area contributed by atoms with E-state index in [4.69, 9.17) is 0 Å². The van der Waals surface area contributed by atoms with E-state index in [1.807, 2.05) is 0 Å². The second kappa shape index (κ2) is 4.00. The molecule has 0 fully saturated rings. The molecule has 0 radical (unpaired) electrons. The molecule has 0 nitrogen and oxygen atoms in total. The summed E-state index contributed by atoms with van der Waals surface area (Å²) in [6.45, 7) is 1.37. The fourth-order valence-corrected chi connectivity index (χ4v) is 1.45. The van der Waals surface area contributed by atoms with Crippen molar-refractivity contribution in [2.75, 3.05) is 0 Å². The summed E-state index contributed by atoms with van der Waals surface area (Å²) in [7, 11) is 0. The van der Waals surface area contributed by atoms with Crippen molar-refractivity contribution in [1.82, 2.24) is 0 Å². The van der Waals surface area contributed by atoms with Crippen LogP contribution in [0.5, 0.6) is 0 Å². The lowest BCUT2D eigenvalue weighted by Crippen LogP contribution is -1.90. The highest BCUT2D eigenvalue weighted by atomic mass is 19.1. The van der Waals surface area contributed by atoms with Gasteiger partial charge in [-0.1, -0.05) is 12.1 Å². The summed E-state index contributed by atoms with van der Waals surface area (Å²) < 4.78 is 39.3. The molecule has 0 saturated heterocycles. The highest BCUT2D eigenvalue weighted by molar-refractivity contribution is 5.63. The van der Waals surface area contributed by atoms with Crippen molar-refractivity contribution in [1.29, 1.82) is 0 Å². The lowest BCUT2D eigenvalue weighted by molar-refractivity contribution is 0.569. The molecule has 0 spiro atoms. The van der Waals surface area contributed by atoms with Gasteiger partial charge >= 0.3 is 0 Å². The Bertz CT molecular complexity index is 492. The third kappa shape index (κ3) is 1.94. The number of rotatable bonds is 1. The van der Waals surface area contributed by atoms with Crippen molar-refractivity contribution in [3.05, 3.63) is 59.4 Å². The Morgan fingerprint density at radius 2 is 1.25 bits per heavy atom. The monoisotopic (exact) mass is 222 g/mol. The summed E-state index contributed by atoms with van der Waals surface area (Å²) in [5.41, 5.74) is 0.977. The molecular weight excluding hydrogens is 213 g/mol. The molecule has 2 rings (SSSR count). The fourth-order valence-electron chi connectivity index (χ4n) is 1.45. The Morgan fingerprint density at radius 3 is 1.75 bits per heavy atom. The van der Waals surface area contributed by atoms with Gasteiger partial charge in [0.15, 0.2) is 0 Å². The van der Waals surface area contributed by atoms with Gasteiger partial charge in [0.25, 0.3) is 0 Å². The molecule has 0 bridgehead atoms. The van der Waals surface area contributed by atoms with Gasteiger partial charge in [0.2, 0.25) is 0 Å². The molecule has 2 aromatic carbocycles. The number of hydrogen-bond acceptors (Lipinski definition) is 0. The van der Waals surface area contributed by atoms with E-state index < -0.39 is 11.6 Å². The molecule has 3 heteroatoms. The Kier molecular flexibility index (Phi) is 2.69. The molecule has 0 unspecified atom stereocenters. The molecule has 0 aliphatic heterocycles. The molecule has 0 amide bonds. The minimum absolute atomic E-state index is 0.00846. The van der Waals surface area contributed by atoms with E-state index >= 15 is 0 Å². The van der Waals surface area contributed by atoms with Crippen LogP contribution in [0.2, 0.25) is 0 Å². The smallest absolute Gasteiger partial charge is 0.129 e. The van der Waals surface area contributed by atoms with Gasteiger partial charge in [-0.3, -0.25) is 0 Å². The first-order valence-electron chi connectivity index (χ1n) is 4.79. The minimum atomic E-state index is -0.598. The van der Waals surface area contributed by atoms with Gasteiger partial charge < -0.3 is 0 Å². The maximum Gasteiger partial charge on any atom is 0.129 e. The van der Waals surface area contributed by atoms with Crippen LogP contribution in [0.4, 0.5) is 13.2 Å². The SMILES string of the molecule is Cc1c(F)cc(-c2ccc(F)cc2)cc1F. The van der Waals surface area contributed by atoms with E-state index in [2.05, 4.69) is 0 Å². The van der Waals surface area contributed by atoms with Gasteiger partial charge in [-0.15, -0.1) is 0 Å². The van der Waals surface area contributed by atoms with E-state index in [0.29, 0.717) is 11.1 Å². The van der Waals surface area contributed by atoms with E-state index in [1.54, 1.807) is 0 Å². The zero-order chi connectivity index (χ0) is 11.7. The van der Waals surface area contributed by atoms with Gasteiger partial charge in [-0.2, -0.15) is 0 Å². The lowest BCUT2D eigenvalue weighted by atomic mass is 10.0. The van der Waals surface area contributed by atoms with Crippen LogP contribution in [0.1, 0.15) is 5.56 Å². The van der Waals surface area contributed by atoms with Crippen LogP contribution in [0.25, 0.3) is 11.1 Å². The highest BCUT2D eigenvalue weighted by Crippen LogP contribution is 2.24. The maximum atomic E-state index is 13.3. The molecule has 0 saturated carbocycles. The summed E-state index contributed by atoms with van der Waals surface area (Å²) in [6, 6.07) is 7.96. The van der Waals surface area contributed by atoms with Crippen molar-refractivity contribution in [3.8, 4) is 11.1 Å². The molecule has 0 atom stereocenters. The van der Waals surface area contributed by atoms with E-state index in [0.717, 1.165) is 0 Å². The van der Waals surface area contributed by atoms with E-state index in [-0.39, 0.29) is 11.4 Å². The van der Waals surface area contributed by atoms with Gasteiger partial charge in [0.1, 0.15) is 17.5 Å². The standard InChI is InChI=1S/C13H9F3/c1-8-12(15)6-10(7-13(8)16)9-2-4-11(14)5-3-9/h2-7H,1H3. The molecule has 2 aromatic rings. The minimum Gasteiger partial charge on any atom is -0.207 e. The average molecular weight is 222 g/mol. The van der Waals surface area contributed by atoms with Crippen LogP contribution in [-0.4, -0.2) is 0 Å². The number of hydrogen-bond donors (Lipinski definition) is 0. The van der Waals surface area contributed by atoms with E-state index in [9.17, 15) is 13.2 Å². The molecule has 0 aliphatic carbocycles. The van der Waals surface area contributed by atoms with Crippen molar-refractivity contribution in [3.63, 3.8) is 0 Å². The predicted molar refractivity (Wildman–Crippen MR) is 56.5 cm³/mol. The van der Waals surface area contributed by atoms with E-state index in [1.165, 1.54) is 43.3 Å². The normalized spacial score (nSPS) is 10.5. The summed E-state index contributed by atoms with van der Waals surface area (Å²) in [4.78, 5) is 0. The average Bonchev–Trinajstić information content (AvgIpc) is 2.26. The number of benzene rings is 2. The second-order valence-electron chi connectivity index (χ2n) is 3.57. The first-order chi connectivity index (χ1) is 7.58. The third-order valence-corrected chi connectivity index (χ3v) is 2.46. The Morgan fingerprint density at radius 1 is 0.750 bits per heavy atom. The summed E-state index contributed by atoms with van der Waals surface area (Å²) in [5, 5.41) is 0. The molecule has 0 heterocycles. The number of halogens is 3. The molecule has 0 N–H and O–H groups in total. The summed E-state index contributed by atoms with van der Waals surface area (Å²) in [6.07, 6.45) is 0. The van der Waals surface area contributed by atoms with Gasteiger partial charge in [-0.05, 0) is 42.3 Å². The van der Waals surface area contributed by atoms with Crippen molar-refractivity contribution in [2.45, 2.75) is 6.92 Å². The molecular formula is C13H9F3. The molecule has 0 aromatic heterocycles.